The summed E-state index contributed by atoms with van der Waals surface area (Å²) >= 11 is 0. The Bertz CT molecular complexity index is 1270. The molecule has 1 aliphatic rings. The van der Waals surface area contributed by atoms with Gasteiger partial charge in [-0.2, -0.15) is 4.31 Å². The van der Waals surface area contributed by atoms with Crippen LogP contribution in [0, 0.1) is 13.8 Å². The van der Waals surface area contributed by atoms with Crippen LogP contribution in [0.3, 0.4) is 0 Å². The molecule has 0 aliphatic carbocycles. The van der Waals surface area contributed by atoms with Crippen LogP contribution in [0.15, 0.2) is 53.4 Å². The molecular weight excluding hydrogens is 428 g/mol. The van der Waals surface area contributed by atoms with Gasteiger partial charge in [0.1, 0.15) is 0 Å². The molecule has 4 rings (SSSR count). The molecule has 3 aromatic rings. The van der Waals surface area contributed by atoms with Crippen molar-refractivity contribution in [3.63, 3.8) is 0 Å². The summed E-state index contributed by atoms with van der Waals surface area (Å²) in [6, 6.07) is 13.6. The predicted octanol–water partition coefficient (Wildman–Crippen LogP) is 2.59. The minimum absolute atomic E-state index is 0.0369. The van der Waals surface area contributed by atoms with Gasteiger partial charge in [-0.25, -0.2) is 18.4 Å². The van der Waals surface area contributed by atoms with E-state index in [0.29, 0.717) is 48.8 Å². The monoisotopic (exact) mass is 452 g/mol. The highest BCUT2D eigenvalue weighted by Crippen LogP contribution is 2.30. The van der Waals surface area contributed by atoms with E-state index in [1.807, 2.05) is 13.0 Å². The van der Waals surface area contributed by atoms with Gasteiger partial charge in [0, 0.05) is 24.2 Å². The van der Waals surface area contributed by atoms with Gasteiger partial charge in [0.25, 0.3) is 0 Å². The molecule has 0 amide bonds. The largest absolute Gasteiger partial charge is 0.382 e. The van der Waals surface area contributed by atoms with E-state index in [4.69, 9.17) is 10.5 Å². The summed E-state index contributed by atoms with van der Waals surface area (Å²) < 4.78 is 33.0. The lowest BCUT2D eigenvalue weighted by atomic mass is 10.0. The molecule has 1 aromatic heterocycles. The number of benzene rings is 2. The van der Waals surface area contributed by atoms with Crippen molar-refractivity contribution >= 4 is 21.6 Å². The summed E-state index contributed by atoms with van der Waals surface area (Å²) in [7, 11) is -3.69. The highest BCUT2D eigenvalue weighted by atomic mass is 32.2. The van der Waals surface area contributed by atoms with Crippen molar-refractivity contribution in [2.45, 2.75) is 18.7 Å². The summed E-state index contributed by atoms with van der Waals surface area (Å²) in [4.78, 5) is 22.0. The Labute approximate surface area is 187 Å². The average molecular weight is 453 g/mol. The maximum atomic E-state index is 13.1. The van der Waals surface area contributed by atoms with Gasteiger partial charge in [0.15, 0.2) is 11.5 Å². The Balaban J connectivity index is 1.80. The SMILES string of the molecule is Cc1ccc(S(=O)(=O)N2CCOCC2)cc1-c1nc(C(=O)c2ccccc2)c(N)nc1C. The van der Waals surface area contributed by atoms with Crippen LogP contribution in [0.2, 0.25) is 0 Å². The van der Waals surface area contributed by atoms with Crippen molar-refractivity contribution in [1.29, 1.82) is 0 Å². The molecule has 0 saturated carbocycles. The molecule has 9 heteroatoms. The number of hydrogen-bond donors (Lipinski definition) is 1. The molecule has 0 unspecified atom stereocenters. The zero-order valence-corrected chi connectivity index (χ0v) is 18.7. The summed E-state index contributed by atoms with van der Waals surface area (Å²) in [6.07, 6.45) is 0. The van der Waals surface area contributed by atoms with Gasteiger partial charge in [-0.05, 0) is 31.5 Å². The molecule has 0 atom stereocenters. The summed E-state index contributed by atoms with van der Waals surface area (Å²) in [5.41, 5.74) is 8.86. The number of nitrogens with two attached hydrogens (primary N) is 1. The lowest BCUT2D eigenvalue weighted by Crippen LogP contribution is -2.40. The number of carbonyl (C=O) groups excluding carboxylic acids is 1. The van der Waals surface area contributed by atoms with Gasteiger partial charge < -0.3 is 10.5 Å². The second kappa shape index (κ2) is 8.78. The third-order valence-electron chi connectivity index (χ3n) is 5.42. The molecule has 1 aliphatic heterocycles. The molecule has 2 aromatic carbocycles. The van der Waals surface area contributed by atoms with Crippen LogP contribution in [0.5, 0.6) is 0 Å². The summed E-state index contributed by atoms with van der Waals surface area (Å²) in [6.45, 7) is 4.94. The number of ether oxygens (including phenoxy) is 1. The Hall–Kier alpha value is -3.14. The number of aryl methyl sites for hydroxylation is 2. The Kier molecular flexibility index (Phi) is 6.05. The summed E-state index contributed by atoms with van der Waals surface area (Å²) in [5.74, 6) is -0.304. The van der Waals surface area contributed by atoms with E-state index >= 15 is 0 Å². The van der Waals surface area contributed by atoms with E-state index in [0.717, 1.165) is 5.56 Å². The maximum Gasteiger partial charge on any atom is 0.243 e. The first-order valence-corrected chi connectivity index (χ1v) is 11.7. The second-order valence-corrected chi connectivity index (χ2v) is 9.52. The van der Waals surface area contributed by atoms with Crippen LogP contribution in [-0.4, -0.2) is 54.8 Å². The highest BCUT2D eigenvalue weighted by Gasteiger charge is 2.27. The van der Waals surface area contributed by atoms with E-state index in [1.165, 1.54) is 4.31 Å². The number of aromatic nitrogens is 2. The van der Waals surface area contributed by atoms with Gasteiger partial charge >= 0.3 is 0 Å². The number of ketones is 1. The van der Waals surface area contributed by atoms with Crippen LogP contribution < -0.4 is 5.73 Å². The molecular formula is C23H24N4O4S. The summed E-state index contributed by atoms with van der Waals surface area (Å²) in [5, 5.41) is 0. The lowest BCUT2D eigenvalue weighted by molar-refractivity contribution is 0.0730. The fourth-order valence-corrected chi connectivity index (χ4v) is 5.07. The number of nitrogens with zero attached hydrogens (tertiary/aromatic N) is 3. The number of hydrogen-bond acceptors (Lipinski definition) is 7. The second-order valence-electron chi connectivity index (χ2n) is 7.58. The minimum Gasteiger partial charge on any atom is -0.382 e. The topological polar surface area (TPSA) is 115 Å². The molecule has 1 fully saturated rings. The standard InChI is InChI=1S/C23H24N4O4S/c1-15-8-9-18(32(29,30)27-10-12-31-13-11-27)14-19(15)20-16(2)25-23(24)21(26-20)22(28)17-6-4-3-5-7-17/h3-9,14H,10-13H2,1-2H3,(H2,24,25). The molecule has 32 heavy (non-hydrogen) atoms. The molecule has 166 valence electrons. The van der Waals surface area contributed by atoms with Crippen molar-refractivity contribution in [3.05, 3.63) is 71.0 Å². The van der Waals surface area contributed by atoms with Crippen LogP contribution in [0.25, 0.3) is 11.3 Å². The van der Waals surface area contributed by atoms with E-state index in [2.05, 4.69) is 9.97 Å². The first-order chi connectivity index (χ1) is 15.3. The quantitative estimate of drug-likeness (QED) is 0.592. The molecule has 8 nitrogen and oxygen atoms in total. The molecule has 0 spiro atoms. The number of anilines is 1. The maximum absolute atomic E-state index is 13.1. The zero-order chi connectivity index (χ0) is 22.9. The smallest absolute Gasteiger partial charge is 0.243 e. The van der Waals surface area contributed by atoms with E-state index in [1.54, 1.807) is 49.4 Å². The first kappa shape index (κ1) is 22.1. The lowest BCUT2D eigenvalue weighted by Gasteiger charge is -2.26. The fourth-order valence-electron chi connectivity index (χ4n) is 3.64. The van der Waals surface area contributed by atoms with Crippen LogP contribution >= 0.6 is 0 Å². The molecule has 0 radical (unpaired) electrons. The van der Waals surface area contributed by atoms with Gasteiger partial charge in [0.05, 0.1) is 29.5 Å². The van der Waals surface area contributed by atoms with Crippen LogP contribution in [0.1, 0.15) is 27.3 Å². The first-order valence-electron chi connectivity index (χ1n) is 10.2. The molecule has 0 bridgehead atoms. The number of carbonyl (C=O) groups is 1. The molecule has 2 N–H and O–H groups in total. The van der Waals surface area contributed by atoms with Gasteiger partial charge in [-0.3, -0.25) is 4.79 Å². The number of morpholine rings is 1. The van der Waals surface area contributed by atoms with Gasteiger partial charge in [-0.1, -0.05) is 36.4 Å². The number of nitrogen functional groups attached to an aromatic ring is 1. The fraction of sp³-hybridized carbons (Fsp3) is 0.261. The van der Waals surface area contributed by atoms with Crippen molar-refractivity contribution in [1.82, 2.24) is 14.3 Å². The zero-order valence-electron chi connectivity index (χ0n) is 17.9. The molecule has 1 saturated heterocycles. The Morgan fingerprint density at radius 1 is 1.03 bits per heavy atom. The van der Waals surface area contributed by atoms with Crippen molar-refractivity contribution in [3.8, 4) is 11.3 Å². The van der Waals surface area contributed by atoms with E-state index < -0.39 is 10.0 Å². The van der Waals surface area contributed by atoms with E-state index in [-0.39, 0.29) is 22.2 Å². The third kappa shape index (κ3) is 4.14. The Morgan fingerprint density at radius 3 is 2.41 bits per heavy atom. The van der Waals surface area contributed by atoms with Crippen molar-refractivity contribution in [2.75, 3.05) is 32.0 Å². The predicted molar refractivity (Wildman–Crippen MR) is 121 cm³/mol. The highest BCUT2D eigenvalue weighted by molar-refractivity contribution is 7.89. The van der Waals surface area contributed by atoms with Crippen molar-refractivity contribution in [2.24, 2.45) is 0 Å². The Morgan fingerprint density at radius 2 is 1.72 bits per heavy atom. The van der Waals surface area contributed by atoms with Crippen LogP contribution in [-0.2, 0) is 14.8 Å². The number of rotatable bonds is 5. The van der Waals surface area contributed by atoms with Crippen LogP contribution in [0.4, 0.5) is 5.82 Å². The van der Waals surface area contributed by atoms with Gasteiger partial charge in [-0.15, -0.1) is 0 Å². The number of sulfonamides is 1. The normalized spacial score (nSPS) is 14.9. The van der Waals surface area contributed by atoms with E-state index in [9.17, 15) is 13.2 Å². The minimum atomic E-state index is -3.69. The molecule has 2 heterocycles. The van der Waals surface area contributed by atoms with Gasteiger partial charge in [0.2, 0.25) is 15.8 Å². The van der Waals surface area contributed by atoms with Crippen molar-refractivity contribution < 1.29 is 17.9 Å². The average Bonchev–Trinajstić information content (AvgIpc) is 2.80. The third-order valence-corrected chi connectivity index (χ3v) is 7.31.